The topological polar surface area (TPSA) is 63.8 Å². The van der Waals surface area contributed by atoms with Gasteiger partial charge >= 0.3 is 0 Å². The number of aryl methyl sites for hydroxylation is 1. The number of hydrogen-bond acceptors (Lipinski definition) is 4. The number of rotatable bonds is 3. The van der Waals surface area contributed by atoms with Gasteiger partial charge in [-0.25, -0.2) is 9.97 Å². The SMILES string of the molecule is NC1CCCC1CNc1ncnc2c1CCC2. The van der Waals surface area contributed by atoms with Gasteiger partial charge in [0.15, 0.2) is 0 Å². The molecule has 1 saturated carbocycles. The molecule has 92 valence electrons. The molecule has 3 rings (SSSR count). The fourth-order valence-electron chi connectivity index (χ4n) is 3.06. The van der Waals surface area contributed by atoms with E-state index in [1.54, 1.807) is 6.33 Å². The maximum absolute atomic E-state index is 6.08. The van der Waals surface area contributed by atoms with E-state index in [2.05, 4.69) is 15.3 Å². The van der Waals surface area contributed by atoms with Gasteiger partial charge in [-0.3, -0.25) is 0 Å². The van der Waals surface area contributed by atoms with E-state index >= 15 is 0 Å². The van der Waals surface area contributed by atoms with E-state index in [-0.39, 0.29) is 0 Å². The average molecular weight is 232 g/mol. The van der Waals surface area contributed by atoms with Gasteiger partial charge in [0, 0.05) is 23.8 Å². The maximum Gasteiger partial charge on any atom is 0.132 e. The monoisotopic (exact) mass is 232 g/mol. The first kappa shape index (κ1) is 11.0. The fraction of sp³-hybridized carbons (Fsp3) is 0.692. The zero-order valence-corrected chi connectivity index (χ0v) is 10.2. The van der Waals surface area contributed by atoms with Crippen LogP contribution in [0.4, 0.5) is 5.82 Å². The molecule has 0 aromatic carbocycles. The van der Waals surface area contributed by atoms with Crippen molar-refractivity contribution in [3.8, 4) is 0 Å². The van der Waals surface area contributed by atoms with Gasteiger partial charge in [-0.2, -0.15) is 0 Å². The van der Waals surface area contributed by atoms with Crippen molar-refractivity contribution >= 4 is 5.82 Å². The summed E-state index contributed by atoms with van der Waals surface area (Å²) in [6.45, 7) is 0.963. The number of nitrogens with zero attached hydrogens (tertiary/aromatic N) is 2. The number of nitrogens with two attached hydrogens (primary N) is 1. The minimum Gasteiger partial charge on any atom is -0.369 e. The number of hydrogen-bond donors (Lipinski definition) is 2. The summed E-state index contributed by atoms with van der Waals surface area (Å²) in [6, 6.07) is 0.373. The van der Waals surface area contributed by atoms with E-state index in [0.717, 1.165) is 25.2 Å². The molecule has 2 aliphatic rings. The molecule has 2 atom stereocenters. The Morgan fingerprint density at radius 2 is 2.18 bits per heavy atom. The minimum atomic E-state index is 0.373. The Kier molecular flexibility index (Phi) is 2.97. The van der Waals surface area contributed by atoms with E-state index < -0.39 is 0 Å². The van der Waals surface area contributed by atoms with Crippen molar-refractivity contribution in [3.63, 3.8) is 0 Å². The van der Waals surface area contributed by atoms with Crippen molar-refractivity contribution in [1.29, 1.82) is 0 Å². The molecule has 0 bridgehead atoms. The lowest BCUT2D eigenvalue weighted by Crippen LogP contribution is -2.30. The van der Waals surface area contributed by atoms with Crippen LogP contribution in [0.1, 0.15) is 36.9 Å². The fourth-order valence-corrected chi connectivity index (χ4v) is 3.06. The Labute approximate surface area is 102 Å². The molecule has 4 nitrogen and oxygen atoms in total. The largest absolute Gasteiger partial charge is 0.369 e. The Bertz CT molecular complexity index is 404. The second-order valence-corrected chi connectivity index (χ2v) is 5.24. The second kappa shape index (κ2) is 4.61. The minimum absolute atomic E-state index is 0.373. The van der Waals surface area contributed by atoms with E-state index in [4.69, 9.17) is 5.73 Å². The summed E-state index contributed by atoms with van der Waals surface area (Å²) in [5, 5.41) is 3.49. The Hall–Kier alpha value is -1.16. The van der Waals surface area contributed by atoms with Gasteiger partial charge in [0.2, 0.25) is 0 Å². The summed E-state index contributed by atoms with van der Waals surface area (Å²) in [5.74, 6) is 1.66. The van der Waals surface area contributed by atoms with Crippen LogP contribution < -0.4 is 11.1 Å². The predicted molar refractivity (Wildman–Crippen MR) is 67.9 cm³/mol. The van der Waals surface area contributed by atoms with Crippen molar-refractivity contribution in [2.45, 2.75) is 44.6 Å². The Morgan fingerprint density at radius 3 is 3.00 bits per heavy atom. The third-order valence-corrected chi connectivity index (χ3v) is 4.12. The van der Waals surface area contributed by atoms with Gasteiger partial charge in [0.25, 0.3) is 0 Å². The molecule has 3 N–H and O–H groups in total. The highest BCUT2D eigenvalue weighted by atomic mass is 15.0. The molecule has 0 aliphatic heterocycles. The first-order valence-corrected chi connectivity index (χ1v) is 6.67. The Balaban J connectivity index is 1.67. The lowest BCUT2D eigenvalue weighted by Gasteiger charge is -2.17. The molecule has 1 fully saturated rings. The number of aromatic nitrogens is 2. The third-order valence-electron chi connectivity index (χ3n) is 4.12. The Morgan fingerprint density at radius 1 is 1.24 bits per heavy atom. The van der Waals surface area contributed by atoms with Crippen molar-refractivity contribution in [2.24, 2.45) is 11.7 Å². The highest BCUT2D eigenvalue weighted by Gasteiger charge is 2.24. The predicted octanol–water partition coefficient (Wildman–Crippen LogP) is 1.50. The quantitative estimate of drug-likeness (QED) is 0.829. The lowest BCUT2D eigenvalue weighted by atomic mass is 10.0. The lowest BCUT2D eigenvalue weighted by molar-refractivity contribution is 0.504. The molecular weight excluding hydrogens is 212 g/mol. The maximum atomic E-state index is 6.08. The highest BCUT2D eigenvalue weighted by molar-refractivity contribution is 5.47. The summed E-state index contributed by atoms with van der Waals surface area (Å²) >= 11 is 0. The zero-order valence-electron chi connectivity index (χ0n) is 10.2. The molecule has 1 aromatic rings. The molecule has 4 heteroatoms. The highest BCUT2D eigenvalue weighted by Crippen LogP contribution is 2.27. The van der Waals surface area contributed by atoms with Crippen molar-refractivity contribution in [1.82, 2.24) is 9.97 Å². The van der Waals surface area contributed by atoms with E-state index in [1.165, 1.54) is 36.9 Å². The van der Waals surface area contributed by atoms with Crippen molar-refractivity contribution in [2.75, 3.05) is 11.9 Å². The van der Waals surface area contributed by atoms with Gasteiger partial charge in [0.1, 0.15) is 12.1 Å². The van der Waals surface area contributed by atoms with Crippen LogP contribution in [0.25, 0.3) is 0 Å². The van der Waals surface area contributed by atoms with Crippen LogP contribution in [0.15, 0.2) is 6.33 Å². The summed E-state index contributed by atoms with van der Waals surface area (Å²) in [5.41, 5.74) is 8.65. The number of anilines is 1. The zero-order chi connectivity index (χ0) is 11.7. The average Bonchev–Trinajstić information content (AvgIpc) is 2.95. The second-order valence-electron chi connectivity index (χ2n) is 5.24. The van der Waals surface area contributed by atoms with Crippen LogP contribution in [-0.4, -0.2) is 22.6 Å². The van der Waals surface area contributed by atoms with Crippen LogP contribution in [0, 0.1) is 5.92 Å². The van der Waals surface area contributed by atoms with Crippen molar-refractivity contribution in [3.05, 3.63) is 17.6 Å². The molecule has 0 spiro atoms. The molecule has 0 radical (unpaired) electrons. The molecule has 17 heavy (non-hydrogen) atoms. The van der Waals surface area contributed by atoms with E-state index in [9.17, 15) is 0 Å². The van der Waals surface area contributed by atoms with Crippen LogP contribution in [0.5, 0.6) is 0 Å². The van der Waals surface area contributed by atoms with Crippen molar-refractivity contribution < 1.29 is 0 Å². The van der Waals surface area contributed by atoms with Crippen LogP contribution in [-0.2, 0) is 12.8 Å². The molecule has 0 amide bonds. The molecule has 0 saturated heterocycles. The standard InChI is InChI=1S/C13H20N4/c14-11-5-1-3-9(11)7-15-13-10-4-2-6-12(10)16-8-17-13/h8-9,11H,1-7,14H2,(H,15,16,17). The summed E-state index contributed by atoms with van der Waals surface area (Å²) in [4.78, 5) is 8.71. The van der Waals surface area contributed by atoms with E-state index in [1.807, 2.05) is 0 Å². The van der Waals surface area contributed by atoms with Gasteiger partial charge < -0.3 is 11.1 Å². The normalized spacial score (nSPS) is 27.1. The van der Waals surface area contributed by atoms with Gasteiger partial charge in [-0.05, 0) is 38.0 Å². The first-order valence-electron chi connectivity index (χ1n) is 6.67. The molecular formula is C13H20N4. The molecule has 2 aliphatic carbocycles. The van der Waals surface area contributed by atoms with Gasteiger partial charge in [-0.1, -0.05) is 6.42 Å². The molecule has 2 unspecified atom stereocenters. The number of nitrogens with one attached hydrogen (secondary N) is 1. The number of fused-ring (bicyclic) bond motifs is 1. The van der Waals surface area contributed by atoms with Crippen LogP contribution in [0.2, 0.25) is 0 Å². The first-order chi connectivity index (χ1) is 8.34. The van der Waals surface area contributed by atoms with Gasteiger partial charge in [-0.15, -0.1) is 0 Å². The van der Waals surface area contributed by atoms with E-state index in [0.29, 0.717) is 12.0 Å². The molecule has 1 aromatic heterocycles. The third kappa shape index (κ3) is 2.14. The molecule has 1 heterocycles. The van der Waals surface area contributed by atoms with Crippen LogP contribution in [0.3, 0.4) is 0 Å². The summed E-state index contributed by atoms with van der Waals surface area (Å²) < 4.78 is 0. The smallest absolute Gasteiger partial charge is 0.132 e. The van der Waals surface area contributed by atoms with Crippen LogP contribution >= 0.6 is 0 Å². The van der Waals surface area contributed by atoms with Gasteiger partial charge in [0.05, 0.1) is 0 Å². The summed E-state index contributed by atoms with van der Waals surface area (Å²) in [6.07, 6.45) is 8.82. The summed E-state index contributed by atoms with van der Waals surface area (Å²) in [7, 11) is 0.